The Morgan fingerprint density at radius 2 is 1.78 bits per heavy atom. The molecule has 1 aliphatic heterocycles. The number of aromatic nitrogens is 1. The highest BCUT2D eigenvalue weighted by Gasteiger charge is 2.33. The van der Waals surface area contributed by atoms with Crippen molar-refractivity contribution in [3.05, 3.63) is 94.4 Å². The molecule has 0 saturated carbocycles. The number of rotatable bonds is 5. The number of urea groups is 1. The van der Waals surface area contributed by atoms with E-state index < -0.39 is 12.0 Å². The molecule has 0 aliphatic carbocycles. The number of nitrogens with zero attached hydrogens (tertiary/aromatic N) is 2. The Morgan fingerprint density at radius 3 is 2.50 bits per heavy atom. The zero-order chi connectivity index (χ0) is 22.8. The highest BCUT2D eigenvalue weighted by Crippen LogP contribution is 2.25. The smallest absolute Gasteiger partial charge is 0.337 e. The lowest BCUT2D eigenvalue weighted by atomic mass is 10.2. The normalized spacial score (nSPS) is 14.7. The summed E-state index contributed by atoms with van der Waals surface area (Å²) in [4.78, 5) is 38.4. The largest absolute Gasteiger partial charge is 0.465 e. The molecule has 3 aromatic rings. The molecule has 7 nitrogen and oxygen atoms in total. The zero-order valence-corrected chi connectivity index (χ0v) is 18.1. The number of benzene rings is 2. The molecule has 1 fully saturated rings. The van der Waals surface area contributed by atoms with Crippen LogP contribution in [0.5, 0.6) is 0 Å². The fourth-order valence-corrected chi connectivity index (χ4v) is 3.86. The second-order valence-corrected chi connectivity index (χ2v) is 7.57. The number of carbonyl (C=O) groups excluding carboxylic acids is 3. The number of nitrogens with one attached hydrogen (secondary N) is 1. The van der Waals surface area contributed by atoms with Gasteiger partial charge < -0.3 is 14.6 Å². The fourth-order valence-electron chi connectivity index (χ4n) is 3.86. The van der Waals surface area contributed by atoms with Crippen LogP contribution in [0.15, 0.2) is 66.4 Å². The molecule has 1 N–H and O–H groups in total. The summed E-state index contributed by atoms with van der Waals surface area (Å²) in [6.07, 6.45) is 1.69. The zero-order valence-electron chi connectivity index (χ0n) is 18.1. The van der Waals surface area contributed by atoms with Crippen molar-refractivity contribution in [1.29, 1.82) is 0 Å². The van der Waals surface area contributed by atoms with Crippen LogP contribution in [-0.4, -0.2) is 34.5 Å². The van der Waals surface area contributed by atoms with Gasteiger partial charge in [0.2, 0.25) is 0 Å². The van der Waals surface area contributed by atoms with Crippen LogP contribution in [0, 0.1) is 13.8 Å². The number of ether oxygens (including phenoxy) is 1. The highest BCUT2D eigenvalue weighted by molar-refractivity contribution is 6.14. The minimum atomic E-state index is -0.440. The maximum Gasteiger partial charge on any atom is 0.337 e. The van der Waals surface area contributed by atoms with Crippen molar-refractivity contribution in [2.45, 2.75) is 20.4 Å². The predicted molar refractivity (Wildman–Crippen MR) is 120 cm³/mol. The van der Waals surface area contributed by atoms with E-state index in [-0.39, 0.29) is 18.1 Å². The Labute approximate surface area is 185 Å². The Kier molecular flexibility index (Phi) is 5.64. The molecule has 0 unspecified atom stereocenters. The van der Waals surface area contributed by atoms with Crippen LogP contribution in [0.1, 0.15) is 32.9 Å². The molecule has 0 bridgehead atoms. The lowest BCUT2D eigenvalue weighted by molar-refractivity contribution is -0.123. The summed E-state index contributed by atoms with van der Waals surface area (Å²) < 4.78 is 6.80. The number of hydrogen-bond acceptors (Lipinski definition) is 4. The monoisotopic (exact) mass is 429 g/mol. The van der Waals surface area contributed by atoms with Crippen LogP contribution in [0.2, 0.25) is 0 Å². The van der Waals surface area contributed by atoms with Crippen LogP contribution < -0.4 is 5.32 Å². The van der Waals surface area contributed by atoms with Crippen molar-refractivity contribution in [2.24, 2.45) is 0 Å². The molecule has 2 heterocycles. The van der Waals surface area contributed by atoms with Crippen LogP contribution in [0.3, 0.4) is 0 Å². The number of aryl methyl sites for hydroxylation is 1. The number of methoxy groups -OCH3 is 1. The quantitative estimate of drug-likeness (QED) is 0.378. The first-order chi connectivity index (χ1) is 15.4. The molecule has 1 aliphatic rings. The predicted octanol–water partition coefficient (Wildman–Crippen LogP) is 3.97. The molecule has 1 saturated heterocycles. The summed E-state index contributed by atoms with van der Waals surface area (Å²) >= 11 is 0. The molecular weight excluding hydrogens is 406 g/mol. The Hall–Kier alpha value is -4.13. The summed E-state index contributed by atoms with van der Waals surface area (Å²) in [6.45, 7) is 4.08. The maximum atomic E-state index is 12.9. The average Bonchev–Trinajstić information content (AvgIpc) is 3.23. The lowest BCUT2D eigenvalue weighted by Gasteiger charge is -2.11. The molecule has 32 heavy (non-hydrogen) atoms. The number of hydrogen-bond donors (Lipinski definition) is 1. The van der Waals surface area contributed by atoms with E-state index in [2.05, 4.69) is 5.32 Å². The minimum absolute atomic E-state index is 0.211. The molecule has 0 radical (unpaired) electrons. The van der Waals surface area contributed by atoms with E-state index in [1.165, 1.54) is 12.0 Å². The van der Waals surface area contributed by atoms with Gasteiger partial charge in [0.1, 0.15) is 5.70 Å². The van der Waals surface area contributed by atoms with Crippen LogP contribution in [0.25, 0.3) is 11.8 Å². The Bertz CT molecular complexity index is 1240. The molecule has 0 spiro atoms. The van der Waals surface area contributed by atoms with Gasteiger partial charge in [0.05, 0.1) is 19.2 Å². The topological polar surface area (TPSA) is 80.6 Å². The summed E-state index contributed by atoms with van der Waals surface area (Å²) in [7, 11) is 1.35. The molecule has 162 valence electrons. The van der Waals surface area contributed by atoms with E-state index in [1.54, 1.807) is 24.3 Å². The summed E-state index contributed by atoms with van der Waals surface area (Å²) in [6, 6.07) is 18.0. The third-order valence-corrected chi connectivity index (χ3v) is 5.44. The van der Waals surface area contributed by atoms with E-state index in [1.807, 2.05) is 60.9 Å². The van der Waals surface area contributed by atoms with Gasteiger partial charge in [-0.15, -0.1) is 0 Å². The number of carbonyl (C=O) groups is 3. The molecule has 4 rings (SSSR count). The van der Waals surface area contributed by atoms with E-state index in [4.69, 9.17) is 4.74 Å². The number of amides is 3. The van der Waals surface area contributed by atoms with Crippen molar-refractivity contribution in [3.63, 3.8) is 0 Å². The standard InChI is InChI=1S/C25H23N3O4/c1-16-12-20(17(2)28(16)21-11-7-10-19(13-21)24(30)32-3)14-22-23(29)27(25(31)26-22)15-18-8-5-4-6-9-18/h4-14H,15H2,1-3H3,(H,26,31)/b22-14+. The van der Waals surface area contributed by atoms with Gasteiger partial charge in [-0.05, 0) is 55.3 Å². The maximum absolute atomic E-state index is 12.9. The molecule has 7 heteroatoms. The Balaban J connectivity index is 1.64. The third-order valence-electron chi connectivity index (χ3n) is 5.44. The number of imide groups is 1. The van der Waals surface area contributed by atoms with Crippen molar-refractivity contribution in [2.75, 3.05) is 7.11 Å². The van der Waals surface area contributed by atoms with Gasteiger partial charge in [0.25, 0.3) is 5.91 Å². The van der Waals surface area contributed by atoms with E-state index >= 15 is 0 Å². The van der Waals surface area contributed by atoms with Crippen molar-refractivity contribution in [1.82, 2.24) is 14.8 Å². The van der Waals surface area contributed by atoms with Gasteiger partial charge in [-0.3, -0.25) is 9.69 Å². The van der Waals surface area contributed by atoms with Crippen molar-refractivity contribution >= 4 is 24.0 Å². The van der Waals surface area contributed by atoms with Gasteiger partial charge in [-0.25, -0.2) is 9.59 Å². The van der Waals surface area contributed by atoms with Gasteiger partial charge in [0, 0.05) is 17.1 Å². The van der Waals surface area contributed by atoms with E-state index in [0.717, 1.165) is 28.2 Å². The SMILES string of the molecule is COC(=O)c1cccc(-n2c(C)cc(/C=C3/NC(=O)N(Cc4ccccc4)C3=O)c2C)c1. The third kappa shape index (κ3) is 3.92. The molecule has 2 aromatic carbocycles. The highest BCUT2D eigenvalue weighted by atomic mass is 16.5. The van der Waals surface area contributed by atoms with Gasteiger partial charge in [-0.1, -0.05) is 36.4 Å². The molecule has 1 aromatic heterocycles. The van der Waals surface area contributed by atoms with Gasteiger partial charge >= 0.3 is 12.0 Å². The Morgan fingerprint density at radius 1 is 1.03 bits per heavy atom. The van der Waals surface area contributed by atoms with Crippen LogP contribution in [-0.2, 0) is 16.1 Å². The second kappa shape index (κ2) is 8.55. The summed E-state index contributed by atoms with van der Waals surface area (Å²) in [5.74, 6) is -0.772. The van der Waals surface area contributed by atoms with E-state index in [0.29, 0.717) is 5.56 Å². The van der Waals surface area contributed by atoms with Gasteiger partial charge in [0.15, 0.2) is 0 Å². The van der Waals surface area contributed by atoms with Crippen LogP contribution >= 0.6 is 0 Å². The van der Waals surface area contributed by atoms with E-state index in [9.17, 15) is 14.4 Å². The van der Waals surface area contributed by atoms with Gasteiger partial charge in [-0.2, -0.15) is 0 Å². The van der Waals surface area contributed by atoms with Crippen molar-refractivity contribution < 1.29 is 19.1 Å². The first-order valence-electron chi connectivity index (χ1n) is 10.1. The average molecular weight is 429 g/mol. The van der Waals surface area contributed by atoms with Crippen molar-refractivity contribution in [3.8, 4) is 5.69 Å². The first-order valence-corrected chi connectivity index (χ1v) is 10.1. The minimum Gasteiger partial charge on any atom is -0.465 e. The first kappa shape index (κ1) is 21.1. The fraction of sp³-hybridized carbons (Fsp3) is 0.160. The number of esters is 1. The summed E-state index contributed by atoms with van der Waals surface area (Å²) in [5, 5.41) is 2.68. The second-order valence-electron chi connectivity index (χ2n) is 7.57. The van der Waals surface area contributed by atoms with Crippen LogP contribution in [0.4, 0.5) is 4.79 Å². The summed E-state index contributed by atoms with van der Waals surface area (Å²) in [5.41, 5.74) is 4.97. The molecule has 3 amide bonds. The lowest BCUT2D eigenvalue weighted by Crippen LogP contribution is -2.30. The molecule has 0 atom stereocenters. The molecular formula is C25H23N3O4.